The van der Waals surface area contributed by atoms with Gasteiger partial charge in [0, 0.05) is 5.57 Å². The van der Waals surface area contributed by atoms with E-state index in [1.807, 2.05) is 6.07 Å². The third-order valence-electron chi connectivity index (χ3n) is 2.00. The Kier molecular flexibility index (Phi) is 3.86. The van der Waals surface area contributed by atoms with Crippen LogP contribution in [0.4, 0.5) is 0 Å². The van der Waals surface area contributed by atoms with Crippen molar-refractivity contribution < 1.29 is 4.74 Å². The number of nitriles is 3. The van der Waals surface area contributed by atoms with Gasteiger partial charge in [0.25, 0.3) is 0 Å². The molecule has 0 saturated heterocycles. The summed E-state index contributed by atoms with van der Waals surface area (Å²) in [4.78, 5) is 0. The van der Waals surface area contributed by atoms with Crippen LogP contribution in [0.3, 0.4) is 0 Å². The zero-order valence-electron chi connectivity index (χ0n) is 8.34. The molecule has 1 unspecified atom stereocenters. The molecule has 0 amide bonds. The van der Waals surface area contributed by atoms with Crippen LogP contribution < -0.4 is 5.73 Å². The lowest BCUT2D eigenvalue weighted by Gasteiger charge is -2.19. The van der Waals surface area contributed by atoms with Crippen molar-refractivity contribution in [3.05, 3.63) is 35.1 Å². The maximum Gasteiger partial charge on any atom is 0.170 e. The summed E-state index contributed by atoms with van der Waals surface area (Å²) < 4.78 is 5.02. The summed E-state index contributed by atoms with van der Waals surface area (Å²) in [6, 6.07) is 5.28. The SMILES string of the molecule is N#CC(C#N)=CC(C#N)=C1CC=COC1N. The molecule has 0 bridgehead atoms. The van der Waals surface area contributed by atoms with Gasteiger partial charge >= 0.3 is 0 Å². The van der Waals surface area contributed by atoms with Gasteiger partial charge in [-0.1, -0.05) is 0 Å². The molecule has 1 heterocycles. The van der Waals surface area contributed by atoms with E-state index in [9.17, 15) is 0 Å². The molecule has 0 aliphatic carbocycles. The van der Waals surface area contributed by atoms with Crippen LogP contribution in [0, 0.1) is 34.0 Å². The Balaban J connectivity index is 3.18. The van der Waals surface area contributed by atoms with Gasteiger partial charge in [0.1, 0.15) is 17.7 Å². The van der Waals surface area contributed by atoms with Crippen LogP contribution in [0.15, 0.2) is 35.1 Å². The summed E-state index contributed by atoms with van der Waals surface area (Å²) in [5, 5.41) is 26.1. The summed E-state index contributed by atoms with van der Waals surface area (Å²) in [7, 11) is 0. The highest BCUT2D eigenvalue weighted by Crippen LogP contribution is 2.19. The van der Waals surface area contributed by atoms with E-state index in [0.29, 0.717) is 12.0 Å². The largest absolute Gasteiger partial charge is 0.480 e. The van der Waals surface area contributed by atoms with E-state index in [1.54, 1.807) is 18.2 Å². The van der Waals surface area contributed by atoms with E-state index in [4.69, 9.17) is 26.3 Å². The Morgan fingerprint density at radius 1 is 1.38 bits per heavy atom. The summed E-state index contributed by atoms with van der Waals surface area (Å²) in [5.41, 5.74) is 6.27. The van der Waals surface area contributed by atoms with E-state index in [-0.39, 0.29) is 11.1 Å². The van der Waals surface area contributed by atoms with Crippen LogP contribution in [-0.4, -0.2) is 6.23 Å². The molecule has 78 valence electrons. The number of hydrogen-bond donors (Lipinski definition) is 1. The maximum atomic E-state index is 8.93. The number of nitrogens with zero attached hydrogens (tertiary/aromatic N) is 3. The topological polar surface area (TPSA) is 107 Å². The van der Waals surface area contributed by atoms with Crippen LogP contribution in [0.1, 0.15) is 6.42 Å². The molecule has 0 fully saturated rings. The molecular formula is C11H8N4O. The second-order valence-electron chi connectivity index (χ2n) is 2.96. The summed E-state index contributed by atoms with van der Waals surface area (Å²) in [6.45, 7) is 0. The van der Waals surface area contributed by atoms with Crippen LogP contribution in [0.25, 0.3) is 0 Å². The first-order valence-corrected chi connectivity index (χ1v) is 4.44. The Morgan fingerprint density at radius 3 is 2.56 bits per heavy atom. The average molecular weight is 212 g/mol. The van der Waals surface area contributed by atoms with Gasteiger partial charge in [0.15, 0.2) is 6.23 Å². The van der Waals surface area contributed by atoms with Crippen LogP contribution in [-0.2, 0) is 4.74 Å². The average Bonchev–Trinajstić information content (AvgIpc) is 2.32. The van der Waals surface area contributed by atoms with Gasteiger partial charge in [-0.25, -0.2) is 0 Å². The number of ether oxygens (including phenoxy) is 1. The normalized spacial score (nSPS) is 20.8. The lowest BCUT2D eigenvalue weighted by molar-refractivity contribution is 0.170. The number of rotatable bonds is 1. The molecule has 1 rings (SSSR count). The first-order valence-electron chi connectivity index (χ1n) is 4.44. The molecule has 0 spiro atoms. The molecular weight excluding hydrogens is 204 g/mol. The quantitative estimate of drug-likeness (QED) is 0.652. The molecule has 0 radical (unpaired) electrons. The lowest BCUT2D eigenvalue weighted by atomic mass is 10.0. The highest BCUT2D eigenvalue weighted by molar-refractivity contribution is 5.49. The molecule has 1 atom stereocenters. The Labute approximate surface area is 92.9 Å². The maximum absolute atomic E-state index is 8.93. The molecule has 0 aromatic rings. The standard InChI is InChI=1S/C11H8N4O/c12-5-8(6-13)4-9(7-14)10-2-1-3-16-11(10)15/h1,3-4,11H,2,15H2. The number of allylic oxidation sites excluding steroid dienone is 4. The monoisotopic (exact) mass is 212 g/mol. The van der Waals surface area contributed by atoms with Crippen molar-refractivity contribution in [2.45, 2.75) is 12.6 Å². The van der Waals surface area contributed by atoms with Crippen molar-refractivity contribution >= 4 is 0 Å². The van der Waals surface area contributed by atoms with Crippen molar-refractivity contribution in [3.8, 4) is 18.2 Å². The van der Waals surface area contributed by atoms with Gasteiger partial charge in [-0.2, -0.15) is 15.8 Å². The molecule has 2 N–H and O–H groups in total. The predicted octanol–water partition coefficient (Wildman–Crippen LogP) is 0.999. The van der Waals surface area contributed by atoms with E-state index < -0.39 is 6.23 Å². The van der Waals surface area contributed by atoms with Crippen molar-refractivity contribution in [3.63, 3.8) is 0 Å². The molecule has 1 aliphatic heterocycles. The highest BCUT2D eigenvalue weighted by atomic mass is 16.5. The van der Waals surface area contributed by atoms with Crippen LogP contribution in [0.5, 0.6) is 0 Å². The van der Waals surface area contributed by atoms with E-state index in [2.05, 4.69) is 0 Å². The molecule has 1 aliphatic rings. The van der Waals surface area contributed by atoms with Gasteiger partial charge in [0.05, 0.1) is 17.9 Å². The molecule has 0 saturated carbocycles. The van der Waals surface area contributed by atoms with E-state index >= 15 is 0 Å². The van der Waals surface area contributed by atoms with Crippen LogP contribution >= 0.6 is 0 Å². The van der Waals surface area contributed by atoms with Gasteiger partial charge < -0.3 is 4.74 Å². The van der Waals surface area contributed by atoms with Gasteiger partial charge in [0.2, 0.25) is 0 Å². The fraction of sp³-hybridized carbons (Fsp3) is 0.182. The van der Waals surface area contributed by atoms with Crippen molar-refractivity contribution in [2.24, 2.45) is 5.73 Å². The minimum atomic E-state index is -0.700. The fourth-order valence-electron chi connectivity index (χ4n) is 1.21. The first kappa shape index (κ1) is 11.5. The zero-order chi connectivity index (χ0) is 12.0. The second-order valence-corrected chi connectivity index (χ2v) is 2.96. The van der Waals surface area contributed by atoms with Crippen LogP contribution in [0.2, 0.25) is 0 Å². The smallest absolute Gasteiger partial charge is 0.170 e. The van der Waals surface area contributed by atoms with Gasteiger partial charge in [-0.3, -0.25) is 5.73 Å². The van der Waals surface area contributed by atoms with Crippen molar-refractivity contribution in [2.75, 3.05) is 0 Å². The van der Waals surface area contributed by atoms with Gasteiger partial charge in [-0.15, -0.1) is 0 Å². The number of nitrogens with two attached hydrogens (primary N) is 1. The Hall–Kier alpha value is -2.55. The Bertz CT molecular complexity index is 478. The molecule has 0 aromatic carbocycles. The predicted molar refractivity (Wildman–Crippen MR) is 54.8 cm³/mol. The summed E-state index contributed by atoms with van der Waals surface area (Å²) in [5.74, 6) is 0. The summed E-state index contributed by atoms with van der Waals surface area (Å²) in [6.07, 6.45) is 4.17. The minimum absolute atomic E-state index is 0.134. The van der Waals surface area contributed by atoms with Crippen molar-refractivity contribution in [1.29, 1.82) is 15.8 Å². The Morgan fingerprint density at radius 2 is 2.06 bits per heavy atom. The first-order chi connectivity index (χ1) is 7.72. The molecule has 5 nitrogen and oxygen atoms in total. The number of hydrogen-bond acceptors (Lipinski definition) is 5. The third kappa shape index (κ3) is 2.48. The highest BCUT2D eigenvalue weighted by Gasteiger charge is 2.16. The lowest BCUT2D eigenvalue weighted by Crippen LogP contribution is -2.27. The third-order valence-corrected chi connectivity index (χ3v) is 2.00. The molecule has 16 heavy (non-hydrogen) atoms. The zero-order valence-corrected chi connectivity index (χ0v) is 8.34. The van der Waals surface area contributed by atoms with Gasteiger partial charge in [-0.05, 0) is 18.6 Å². The molecule has 0 aromatic heterocycles. The minimum Gasteiger partial charge on any atom is -0.480 e. The van der Waals surface area contributed by atoms with Crippen molar-refractivity contribution in [1.82, 2.24) is 0 Å². The van der Waals surface area contributed by atoms with E-state index in [1.165, 1.54) is 12.3 Å². The second kappa shape index (κ2) is 5.36. The summed E-state index contributed by atoms with van der Waals surface area (Å²) >= 11 is 0. The molecule has 5 heteroatoms. The fourth-order valence-corrected chi connectivity index (χ4v) is 1.21. The van der Waals surface area contributed by atoms with E-state index in [0.717, 1.165) is 0 Å².